The first-order chi connectivity index (χ1) is 16.6. The Morgan fingerprint density at radius 2 is 1.54 bits per heavy atom. The fourth-order valence-electron chi connectivity index (χ4n) is 3.47. The van der Waals surface area contributed by atoms with E-state index >= 15 is 0 Å². The summed E-state index contributed by atoms with van der Waals surface area (Å²) >= 11 is 0. The Hall–Kier alpha value is -3.10. The molecular formula is C27H34BNO6. The SMILES string of the molecule is CCOC(=O)Cc1ccc(C=C(CNC(=O)OCc2ccccc2)B2OC(C)(C)C(C)(C)O2)cc1. The van der Waals surface area contributed by atoms with Gasteiger partial charge >= 0.3 is 19.2 Å². The van der Waals surface area contributed by atoms with Crippen molar-refractivity contribution in [2.45, 2.75) is 58.8 Å². The van der Waals surface area contributed by atoms with Crippen molar-refractivity contribution < 1.29 is 28.4 Å². The van der Waals surface area contributed by atoms with Crippen molar-refractivity contribution in [3.05, 3.63) is 76.8 Å². The standard InChI is InChI=1S/C27H34BNO6/c1-6-32-24(30)17-21-14-12-20(13-15-21)16-23(28-34-26(2,3)27(4,5)35-28)18-29-25(31)33-19-22-10-8-7-9-11-22/h7-16H,6,17-19H2,1-5H3,(H,29,31). The van der Waals surface area contributed by atoms with Gasteiger partial charge in [0.2, 0.25) is 0 Å². The molecule has 1 N–H and O–H groups in total. The first-order valence-electron chi connectivity index (χ1n) is 11.8. The highest BCUT2D eigenvalue weighted by atomic mass is 16.7. The van der Waals surface area contributed by atoms with E-state index in [9.17, 15) is 9.59 Å². The number of carbonyl (C=O) groups excluding carboxylic acids is 2. The summed E-state index contributed by atoms with van der Waals surface area (Å²) in [6.45, 7) is 10.4. The molecule has 1 saturated heterocycles. The molecule has 2 aromatic carbocycles. The van der Waals surface area contributed by atoms with Crippen molar-refractivity contribution >= 4 is 25.3 Å². The Morgan fingerprint density at radius 3 is 2.14 bits per heavy atom. The van der Waals surface area contributed by atoms with Crippen LogP contribution in [0.15, 0.2) is 60.1 Å². The third-order valence-corrected chi connectivity index (χ3v) is 6.19. The number of nitrogens with one attached hydrogen (secondary N) is 1. The van der Waals surface area contributed by atoms with Gasteiger partial charge in [-0.2, -0.15) is 0 Å². The summed E-state index contributed by atoms with van der Waals surface area (Å²) in [5, 5.41) is 2.81. The molecule has 1 amide bonds. The number of amides is 1. The van der Waals surface area contributed by atoms with Gasteiger partial charge in [0, 0.05) is 6.54 Å². The number of ether oxygens (including phenoxy) is 2. The van der Waals surface area contributed by atoms with Gasteiger partial charge in [-0.1, -0.05) is 60.7 Å². The highest BCUT2D eigenvalue weighted by Gasteiger charge is 2.52. The maximum absolute atomic E-state index is 12.4. The molecule has 0 saturated carbocycles. The van der Waals surface area contributed by atoms with Crippen LogP contribution in [0, 0.1) is 0 Å². The number of esters is 1. The van der Waals surface area contributed by atoms with Gasteiger partial charge in [-0.15, -0.1) is 0 Å². The number of benzene rings is 2. The van der Waals surface area contributed by atoms with E-state index in [-0.39, 0.29) is 25.5 Å². The monoisotopic (exact) mass is 479 g/mol. The van der Waals surface area contributed by atoms with Crippen molar-refractivity contribution in [1.82, 2.24) is 5.32 Å². The largest absolute Gasteiger partial charge is 0.492 e. The van der Waals surface area contributed by atoms with Crippen molar-refractivity contribution in [2.24, 2.45) is 0 Å². The van der Waals surface area contributed by atoms with E-state index in [0.717, 1.165) is 22.2 Å². The van der Waals surface area contributed by atoms with Crippen LogP contribution in [0.5, 0.6) is 0 Å². The lowest BCUT2D eigenvalue weighted by Crippen LogP contribution is -2.41. The van der Waals surface area contributed by atoms with E-state index in [2.05, 4.69) is 5.32 Å². The van der Waals surface area contributed by atoms with E-state index in [4.69, 9.17) is 18.8 Å². The average molecular weight is 479 g/mol. The fourth-order valence-corrected chi connectivity index (χ4v) is 3.47. The number of alkyl carbamates (subject to hydrolysis) is 1. The molecular weight excluding hydrogens is 445 g/mol. The minimum absolute atomic E-state index is 0.185. The second kappa shape index (κ2) is 11.6. The van der Waals surface area contributed by atoms with Gasteiger partial charge in [0.1, 0.15) is 6.61 Å². The second-order valence-electron chi connectivity index (χ2n) is 9.45. The third kappa shape index (κ3) is 7.44. The average Bonchev–Trinajstić information content (AvgIpc) is 3.03. The number of hydrogen-bond acceptors (Lipinski definition) is 6. The van der Waals surface area contributed by atoms with E-state index in [1.165, 1.54) is 0 Å². The van der Waals surface area contributed by atoms with Gasteiger partial charge in [0.15, 0.2) is 0 Å². The van der Waals surface area contributed by atoms with Crippen molar-refractivity contribution in [2.75, 3.05) is 13.2 Å². The number of rotatable bonds is 9. The van der Waals surface area contributed by atoms with Gasteiger partial charge in [0.05, 0.1) is 24.2 Å². The molecule has 1 aliphatic rings. The number of hydrogen-bond donors (Lipinski definition) is 1. The van der Waals surface area contributed by atoms with Gasteiger partial charge < -0.3 is 24.1 Å². The molecule has 0 atom stereocenters. The van der Waals surface area contributed by atoms with E-state index < -0.39 is 24.4 Å². The van der Waals surface area contributed by atoms with Gasteiger partial charge in [-0.05, 0) is 56.8 Å². The van der Waals surface area contributed by atoms with E-state index in [1.807, 2.05) is 88.4 Å². The van der Waals surface area contributed by atoms with Crippen LogP contribution in [0.3, 0.4) is 0 Å². The quantitative estimate of drug-likeness (QED) is 0.414. The lowest BCUT2D eigenvalue weighted by atomic mass is 9.77. The molecule has 0 spiro atoms. The lowest BCUT2D eigenvalue weighted by molar-refractivity contribution is -0.142. The molecule has 0 bridgehead atoms. The fraction of sp³-hybridized carbons (Fsp3) is 0.407. The third-order valence-electron chi connectivity index (χ3n) is 6.19. The summed E-state index contributed by atoms with van der Waals surface area (Å²) in [7, 11) is -0.631. The zero-order valence-electron chi connectivity index (χ0n) is 21.1. The van der Waals surface area contributed by atoms with Gasteiger partial charge in [-0.3, -0.25) is 4.79 Å². The summed E-state index contributed by atoms with van der Waals surface area (Å²) in [5.41, 5.74) is 2.37. The van der Waals surface area contributed by atoms with Crippen molar-refractivity contribution in [3.63, 3.8) is 0 Å². The summed E-state index contributed by atoms with van der Waals surface area (Å²) in [4.78, 5) is 24.1. The molecule has 0 aliphatic carbocycles. The Balaban J connectivity index is 1.71. The summed E-state index contributed by atoms with van der Waals surface area (Å²) in [6, 6.07) is 17.1. The second-order valence-corrected chi connectivity index (χ2v) is 9.45. The lowest BCUT2D eigenvalue weighted by Gasteiger charge is -2.32. The van der Waals surface area contributed by atoms with Crippen LogP contribution in [0.2, 0.25) is 0 Å². The summed E-state index contributed by atoms with van der Waals surface area (Å²) in [5.74, 6) is -0.257. The predicted molar refractivity (Wildman–Crippen MR) is 135 cm³/mol. The van der Waals surface area contributed by atoms with Crippen LogP contribution in [0.25, 0.3) is 6.08 Å². The Kier molecular flexibility index (Phi) is 8.75. The molecule has 8 heteroatoms. The normalized spacial score (nSPS) is 16.6. The van der Waals surface area contributed by atoms with Crippen LogP contribution < -0.4 is 5.32 Å². The molecule has 7 nitrogen and oxygen atoms in total. The molecule has 1 aliphatic heterocycles. The minimum atomic E-state index is -0.631. The molecule has 0 aromatic heterocycles. The maximum atomic E-state index is 12.4. The predicted octanol–water partition coefficient (Wildman–Crippen LogP) is 4.73. The molecule has 0 radical (unpaired) electrons. The van der Waals surface area contributed by atoms with E-state index in [1.54, 1.807) is 6.92 Å². The molecule has 1 heterocycles. The van der Waals surface area contributed by atoms with Crippen LogP contribution in [-0.4, -0.2) is 43.5 Å². The van der Waals surface area contributed by atoms with Crippen LogP contribution >= 0.6 is 0 Å². The summed E-state index contributed by atoms with van der Waals surface area (Å²) < 4.78 is 22.8. The van der Waals surface area contributed by atoms with Crippen LogP contribution in [-0.2, 0) is 36.6 Å². The topological polar surface area (TPSA) is 83.1 Å². The molecule has 35 heavy (non-hydrogen) atoms. The molecule has 2 aromatic rings. The molecule has 186 valence electrons. The highest BCUT2D eigenvalue weighted by Crippen LogP contribution is 2.38. The maximum Gasteiger partial charge on any atom is 0.492 e. The van der Waals surface area contributed by atoms with Gasteiger partial charge in [-0.25, -0.2) is 4.79 Å². The Labute approximate surface area is 207 Å². The molecule has 3 rings (SSSR count). The van der Waals surface area contributed by atoms with E-state index in [0.29, 0.717) is 6.61 Å². The van der Waals surface area contributed by atoms with Crippen LogP contribution in [0.1, 0.15) is 51.3 Å². The van der Waals surface area contributed by atoms with Crippen LogP contribution in [0.4, 0.5) is 4.79 Å². The Bertz CT molecular complexity index is 1020. The molecule has 1 fully saturated rings. The van der Waals surface area contributed by atoms with Gasteiger partial charge in [0.25, 0.3) is 0 Å². The first-order valence-corrected chi connectivity index (χ1v) is 11.8. The first kappa shape index (κ1) is 26.5. The smallest absolute Gasteiger partial charge is 0.466 e. The van der Waals surface area contributed by atoms with Crippen molar-refractivity contribution in [1.29, 1.82) is 0 Å². The zero-order chi connectivity index (χ0) is 25.5. The summed E-state index contributed by atoms with van der Waals surface area (Å²) in [6.07, 6.45) is 1.62. The zero-order valence-corrected chi connectivity index (χ0v) is 21.1. The Morgan fingerprint density at radius 1 is 0.914 bits per heavy atom. The molecule has 0 unspecified atom stereocenters. The van der Waals surface area contributed by atoms with Crippen molar-refractivity contribution in [3.8, 4) is 0 Å². The minimum Gasteiger partial charge on any atom is -0.466 e. The number of carbonyl (C=O) groups is 2. The highest BCUT2D eigenvalue weighted by molar-refractivity contribution is 6.56.